The van der Waals surface area contributed by atoms with Crippen molar-refractivity contribution in [1.29, 1.82) is 0 Å². The maximum Gasteiger partial charge on any atom is 0.266 e. The van der Waals surface area contributed by atoms with Crippen molar-refractivity contribution < 1.29 is 4.79 Å². The molecule has 0 atom stereocenters. The van der Waals surface area contributed by atoms with E-state index in [0.29, 0.717) is 6.54 Å². The zero-order valence-corrected chi connectivity index (χ0v) is 10.4. The Kier molecular flexibility index (Phi) is 3.12. The van der Waals surface area contributed by atoms with Gasteiger partial charge in [-0.1, -0.05) is 60.7 Å². The minimum Gasteiger partial charge on any atom is -0.287 e. The average Bonchev–Trinajstić information content (AvgIpc) is 2.49. The highest BCUT2D eigenvalue weighted by atomic mass is 16.2. The molecule has 0 radical (unpaired) electrons. The topological polar surface area (TPSA) is 41.1 Å². The Morgan fingerprint density at radius 2 is 1.37 bits per heavy atom. The summed E-state index contributed by atoms with van der Waals surface area (Å²) in [6.07, 6.45) is 0. The van der Waals surface area contributed by atoms with Gasteiger partial charge in [-0.25, -0.2) is 5.43 Å². The van der Waals surface area contributed by atoms with E-state index in [1.165, 1.54) is 0 Å². The number of carbonyl (C=O) groups excluding carboxylic acids is 1. The maximum absolute atomic E-state index is 12.1. The summed E-state index contributed by atoms with van der Waals surface area (Å²) in [6, 6.07) is 19.8. The van der Waals surface area contributed by atoms with Crippen molar-refractivity contribution in [3.8, 4) is 0 Å². The molecule has 2 N–H and O–H groups in total. The maximum atomic E-state index is 12.1. The van der Waals surface area contributed by atoms with Gasteiger partial charge in [0, 0.05) is 6.54 Å². The van der Waals surface area contributed by atoms with Gasteiger partial charge in [-0.15, -0.1) is 0 Å². The molecule has 0 fully saturated rings. The molecule has 3 nitrogen and oxygen atoms in total. The molecule has 3 rings (SSSR count). The van der Waals surface area contributed by atoms with Gasteiger partial charge in [-0.05, 0) is 16.7 Å². The van der Waals surface area contributed by atoms with Crippen LogP contribution in [-0.4, -0.2) is 12.5 Å². The van der Waals surface area contributed by atoms with Gasteiger partial charge in [0.2, 0.25) is 0 Å². The number of hydrogen-bond donors (Lipinski definition) is 2. The van der Waals surface area contributed by atoms with Crippen LogP contribution in [0.1, 0.15) is 11.1 Å². The van der Waals surface area contributed by atoms with Crippen molar-refractivity contribution >= 4 is 17.1 Å². The van der Waals surface area contributed by atoms with Crippen LogP contribution >= 0.6 is 0 Å². The minimum atomic E-state index is -0.0868. The van der Waals surface area contributed by atoms with E-state index in [1.54, 1.807) is 0 Å². The molecule has 1 aliphatic rings. The Balaban J connectivity index is 2.18. The van der Waals surface area contributed by atoms with Crippen molar-refractivity contribution in [2.75, 3.05) is 6.54 Å². The highest BCUT2D eigenvalue weighted by Crippen LogP contribution is 2.27. The zero-order chi connectivity index (χ0) is 13.1. The highest BCUT2D eigenvalue weighted by Gasteiger charge is 2.22. The fraction of sp³-hybridized carbons (Fsp3) is 0.0625. The first-order chi connectivity index (χ1) is 9.36. The monoisotopic (exact) mass is 250 g/mol. The molecule has 1 amide bonds. The van der Waals surface area contributed by atoms with Crippen LogP contribution in [0.3, 0.4) is 0 Å². The van der Waals surface area contributed by atoms with E-state index >= 15 is 0 Å². The molecule has 0 spiro atoms. The van der Waals surface area contributed by atoms with Crippen molar-refractivity contribution in [2.24, 2.45) is 0 Å². The normalized spacial score (nSPS) is 15.3. The molecule has 0 unspecified atom stereocenters. The van der Waals surface area contributed by atoms with Gasteiger partial charge in [0.05, 0.1) is 5.57 Å². The van der Waals surface area contributed by atoms with Crippen molar-refractivity contribution in [3.05, 3.63) is 71.8 Å². The standard InChI is InChI=1S/C16H14N2O/c19-16-15(13-9-5-2-6-10-13)14(11-17-18-16)12-7-3-1-4-8-12/h1-10,17H,11H2,(H,18,19). The summed E-state index contributed by atoms with van der Waals surface area (Å²) < 4.78 is 0. The molecule has 2 aromatic carbocycles. The Hall–Kier alpha value is -2.39. The van der Waals surface area contributed by atoms with Crippen LogP contribution < -0.4 is 10.9 Å². The predicted molar refractivity (Wildman–Crippen MR) is 75.8 cm³/mol. The highest BCUT2D eigenvalue weighted by molar-refractivity contribution is 6.27. The molecule has 0 bridgehead atoms. The summed E-state index contributed by atoms with van der Waals surface area (Å²) in [5, 5.41) is 0. The lowest BCUT2D eigenvalue weighted by molar-refractivity contribution is -0.116. The van der Waals surface area contributed by atoms with Gasteiger partial charge >= 0.3 is 0 Å². The Labute approximate surface area is 111 Å². The smallest absolute Gasteiger partial charge is 0.266 e. The lowest BCUT2D eigenvalue weighted by Gasteiger charge is -2.22. The molecule has 0 saturated heterocycles. The number of rotatable bonds is 2. The fourth-order valence-corrected chi connectivity index (χ4v) is 2.30. The first kappa shape index (κ1) is 11.7. The van der Waals surface area contributed by atoms with Crippen LogP contribution in [0.2, 0.25) is 0 Å². The first-order valence-electron chi connectivity index (χ1n) is 6.23. The molecule has 19 heavy (non-hydrogen) atoms. The van der Waals surface area contributed by atoms with Gasteiger partial charge < -0.3 is 0 Å². The Bertz CT molecular complexity index is 618. The number of benzene rings is 2. The number of nitrogens with one attached hydrogen (secondary N) is 2. The van der Waals surface area contributed by atoms with Gasteiger partial charge in [0.1, 0.15) is 0 Å². The zero-order valence-electron chi connectivity index (χ0n) is 10.4. The van der Waals surface area contributed by atoms with Crippen LogP contribution in [0.25, 0.3) is 11.1 Å². The molecule has 1 heterocycles. The van der Waals surface area contributed by atoms with Gasteiger partial charge in [0.25, 0.3) is 5.91 Å². The number of amides is 1. The van der Waals surface area contributed by atoms with E-state index in [1.807, 2.05) is 60.7 Å². The fourth-order valence-electron chi connectivity index (χ4n) is 2.30. The number of carbonyl (C=O) groups is 1. The molecule has 1 aliphatic heterocycles. The molecular weight excluding hydrogens is 236 g/mol. The SMILES string of the molecule is O=C1NNCC(c2ccccc2)=C1c1ccccc1. The second-order valence-corrected chi connectivity index (χ2v) is 4.39. The summed E-state index contributed by atoms with van der Waals surface area (Å²) >= 11 is 0. The summed E-state index contributed by atoms with van der Waals surface area (Å²) in [7, 11) is 0. The Morgan fingerprint density at radius 1 is 0.789 bits per heavy atom. The molecular formula is C16H14N2O. The minimum absolute atomic E-state index is 0.0868. The summed E-state index contributed by atoms with van der Waals surface area (Å²) in [6.45, 7) is 0.625. The van der Waals surface area contributed by atoms with Gasteiger partial charge in [-0.3, -0.25) is 10.2 Å². The van der Waals surface area contributed by atoms with Gasteiger partial charge in [-0.2, -0.15) is 0 Å². The van der Waals surface area contributed by atoms with Crippen LogP contribution in [-0.2, 0) is 4.79 Å². The number of hydrogen-bond acceptors (Lipinski definition) is 2. The van der Waals surface area contributed by atoms with Crippen molar-refractivity contribution in [2.45, 2.75) is 0 Å². The van der Waals surface area contributed by atoms with E-state index in [2.05, 4.69) is 10.9 Å². The van der Waals surface area contributed by atoms with E-state index in [-0.39, 0.29) is 5.91 Å². The molecule has 0 aliphatic carbocycles. The van der Waals surface area contributed by atoms with Crippen LogP contribution in [0.5, 0.6) is 0 Å². The Morgan fingerprint density at radius 3 is 2.00 bits per heavy atom. The lowest BCUT2D eigenvalue weighted by atomic mass is 9.93. The van der Waals surface area contributed by atoms with E-state index in [9.17, 15) is 4.79 Å². The summed E-state index contributed by atoms with van der Waals surface area (Å²) in [5.74, 6) is -0.0868. The third-order valence-corrected chi connectivity index (χ3v) is 3.18. The largest absolute Gasteiger partial charge is 0.287 e. The third-order valence-electron chi connectivity index (χ3n) is 3.18. The second-order valence-electron chi connectivity index (χ2n) is 4.39. The van der Waals surface area contributed by atoms with E-state index < -0.39 is 0 Å². The van der Waals surface area contributed by atoms with Crippen LogP contribution in [0.4, 0.5) is 0 Å². The molecule has 2 aromatic rings. The molecule has 0 saturated carbocycles. The third kappa shape index (κ3) is 2.28. The second kappa shape index (κ2) is 5.08. The van der Waals surface area contributed by atoms with Crippen molar-refractivity contribution in [1.82, 2.24) is 10.9 Å². The summed E-state index contributed by atoms with van der Waals surface area (Å²) in [4.78, 5) is 12.1. The van der Waals surface area contributed by atoms with Gasteiger partial charge in [0.15, 0.2) is 0 Å². The van der Waals surface area contributed by atoms with Crippen molar-refractivity contribution in [3.63, 3.8) is 0 Å². The molecule has 94 valence electrons. The first-order valence-corrected chi connectivity index (χ1v) is 6.23. The average molecular weight is 250 g/mol. The van der Waals surface area contributed by atoms with Crippen LogP contribution in [0, 0.1) is 0 Å². The molecule has 0 aromatic heterocycles. The van der Waals surface area contributed by atoms with E-state index in [4.69, 9.17) is 0 Å². The lowest BCUT2D eigenvalue weighted by Crippen LogP contribution is -2.43. The summed E-state index contributed by atoms with van der Waals surface area (Å²) in [5.41, 5.74) is 9.39. The quantitative estimate of drug-likeness (QED) is 0.858. The number of hydrazine groups is 1. The van der Waals surface area contributed by atoms with Crippen LogP contribution in [0.15, 0.2) is 60.7 Å². The van der Waals surface area contributed by atoms with E-state index in [0.717, 1.165) is 22.3 Å². The predicted octanol–water partition coefficient (Wildman–Crippen LogP) is 2.23. The molecule has 3 heteroatoms.